The highest BCUT2D eigenvalue weighted by Gasteiger charge is 2.25. The Kier molecular flexibility index (Phi) is 2.08. The Hall–Kier alpha value is -1.64. The molecule has 3 heteroatoms. The van der Waals surface area contributed by atoms with Gasteiger partial charge in [0.25, 0.3) is 0 Å². The van der Waals surface area contributed by atoms with Crippen LogP contribution in [0.3, 0.4) is 0 Å². The molecule has 72 valence electrons. The average Bonchev–Trinajstić information content (AvgIpc) is 2.44. The smallest absolute Gasteiger partial charge is 0.209 e. The van der Waals surface area contributed by atoms with E-state index in [1.54, 1.807) is 6.20 Å². The Labute approximate surface area is 83.1 Å². The lowest BCUT2D eigenvalue weighted by molar-refractivity contribution is 0.103. The molecule has 0 bridgehead atoms. The minimum atomic E-state index is 0.0642. The maximum atomic E-state index is 11.8. The predicted octanol–water partition coefficient (Wildman–Crippen LogP) is 1.27. The molecule has 2 rings (SSSR count). The monoisotopic (exact) mass is 188 g/mol. The number of carbonyl (C=O) groups excluding carboxylic acids is 1. The summed E-state index contributed by atoms with van der Waals surface area (Å²) < 4.78 is 0. The van der Waals surface area contributed by atoms with Crippen LogP contribution in [0.2, 0.25) is 0 Å². The molecule has 1 aromatic heterocycles. The van der Waals surface area contributed by atoms with Crippen molar-refractivity contribution in [1.29, 1.82) is 0 Å². The van der Waals surface area contributed by atoms with E-state index in [2.05, 4.69) is 4.98 Å². The minimum absolute atomic E-state index is 0.0642. The van der Waals surface area contributed by atoms with Crippen LogP contribution in [0.25, 0.3) is 0 Å². The van der Waals surface area contributed by atoms with E-state index in [9.17, 15) is 4.79 Å². The summed E-state index contributed by atoms with van der Waals surface area (Å²) in [7, 11) is 3.83. The first-order valence-electron chi connectivity index (χ1n) is 4.54. The van der Waals surface area contributed by atoms with Crippen LogP contribution in [-0.4, -0.2) is 29.8 Å². The number of rotatable bonds is 1. The van der Waals surface area contributed by atoms with Gasteiger partial charge in [-0.15, -0.1) is 0 Å². The third-order valence-electron chi connectivity index (χ3n) is 2.19. The zero-order valence-corrected chi connectivity index (χ0v) is 8.32. The normalized spacial score (nSPS) is 17.3. The molecule has 0 aromatic carbocycles. The van der Waals surface area contributed by atoms with Gasteiger partial charge >= 0.3 is 0 Å². The van der Waals surface area contributed by atoms with Gasteiger partial charge in [0.1, 0.15) is 5.69 Å². The molecule has 1 aliphatic carbocycles. The highest BCUT2D eigenvalue weighted by Crippen LogP contribution is 2.23. The summed E-state index contributed by atoms with van der Waals surface area (Å²) in [5, 5.41) is 0. The van der Waals surface area contributed by atoms with E-state index in [4.69, 9.17) is 0 Å². The summed E-state index contributed by atoms with van der Waals surface area (Å²) in [6, 6.07) is 3.82. The van der Waals surface area contributed by atoms with Crippen LogP contribution in [-0.2, 0) is 6.42 Å². The number of hydrogen-bond acceptors (Lipinski definition) is 3. The van der Waals surface area contributed by atoms with Crippen LogP contribution in [0.15, 0.2) is 30.1 Å². The number of aromatic nitrogens is 1. The van der Waals surface area contributed by atoms with Gasteiger partial charge in [-0.1, -0.05) is 6.07 Å². The lowest BCUT2D eigenvalue weighted by atomic mass is 10.2. The van der Waals surface area contributed by atoms with Crippen LogP contribution in [0.5, 0.6) is 0 Å². The Morgan fingerprint density at radius 1 is 1.50 bits per heavy atom. The van der Waals surface area contributed by atoms with Crippen molar-refractivity contribution < 1.29 is 4.79 Å². The third-order valence-corrected chi connectivity index (χ3v) is 2.19. The Balaban J connectivity index is 2.39. The largest absolute Gasteiger partial charge is 0.383 e. The molecule has 0 saturated carbocycles. The summed E-state index contributed by atoms with van der Waals surface area (Å²) in [6.45, 7) is 0. The zero-order chi connectivity index (χ0) is 10.1. The summed E-state index contributed by atoms with van der Waals surface area (Å²) in [5.41, 5.74) is 2.47. The number of hydrogen-bond donors (Lipinski definition) is 0. The van der Waals surface area contributed by atoms with E-state index in [1.165, 1.54) is 0 Å². The molecule has 0 radical (unpaired) electrons. The van der Waals surface area contributed by atoms with Gasteiger partial charge in [0.2, 0.25) is 5.78 Å². The van der Waals surface area contributed by atoms with Crippen molar-refractivity contribution in [3.8, 4) is 0 Å². The number of carbonyl (C=O) groups is 1. The third kappa shape index (κ3) is 1.41. The fraction of sp³-hybridized carbons (Fsp3) is 0.273. The zero-order valence-electron chi connectivity index (χ0n) is 8.32. The van der Waals surface area contributed by atoms with E-state index in [0.717, 1.165) is 11.1 Å². The van der Waals surface area contributed by atoms with E-state index in [0.29, 0.717) is 12.1 Å². The average molecular weight is 188 g/mol. The van der Waals surface area contributed by atoms with Gasteiger partial charge in [0.05, 0.1) is 0 Å². The second-order valence-corrected chi connectivity index (χ2v) is 3.63. The Morgan fingerprint density at radius 3 is 2.93 bits per heavy atom. The molecular formula is C11H12N2O. The number of allylic oxidation sites excluding steroid dienone is 1. The molecule has 0 N–H and O–H groups in total. The van der Waals surface area contributed by atoms with Crippen molar-refractivity contribution in [2.24, 2.45) is 0 Å². The van der Waals surface area contributed by atoms with Crippen molar-refractivity contribution >= 4 is 5.78 Å². The molecule has 1 aliphatic rings. The topological polar surface area (TPSA) is 33.2 Å². The summed E-state index contributed by atoms with van der Waals surface area (Å²) in [5.74, 6) is 0.0642. The number of Topliss-reactive ketones (excluding diaryl/α,β-unsaturated/α-hetero) is 1. The quantitative estimate of drug-likeness (QED) is 0.622. The van der Waals surface area contributed by atoms with Crippen LogP contribution in [0, 0.1) is 0 Å². The molecule has 0 amide bonds. The molecule has 14 heavy (non-hydrogen) atoms. The van der Waals surface area contributed by atoms with Crippen molar-refractivity contribution in [2.75, 3.05) is 14.1 Å². The Bertz CT molecular complexity index is 408. The molecule has 0 aliphatic heterocycles. The lowest BCUT2D eigenvalue weighted by Crippen LogP contribution is -2.06. The number of nitrogens with zero attached hydrogens (tertiary/aromatic N) is 2. The summed E-state index contributed by atoms with van der Waals surface area (Å²) in [6.07, 6.45) is 4.24. The molecule has 0 unspecified atom stereocenters. The lowest BCUT2D eigenvalue weighted by Gasteiger charge is -2.05. The summed E-state index contributed by atoms with van der Waals surface area (Å²) >= 11 is 0. The number of ketones is 1. The highest BCUT2D eigenvalue weighted by atomic mass is 16.1. The maximum absolute atomic E-state index is 11.8. The molecule has 1 aromatic rings. The van der Waals surface area contributed by atoms with E-state index < -0.39 is 0 Å². The molecule has 0 saturated heterocycles. The Morgan fingerprint density at radius 2 is 2.29 bits per heavy atom. The molecule has 0 spiro atoms. The van der Waals surface area contributed by atoms with Gasteiger partial charge < -0.3 is 4.90 Å². The van der Waals surface area contributed by atoms with Gasteiger partial charge in [0.15, 0.2) is 0 Å². The van der Waals surface area contributed by atoms with Gasteiger partial charge in [-0.25, -0.2) is 0 Å². The maximum Gasteiger partial charge on any atom is 0.209 e. The van der Waals surface area contributed by atoms with Crippen LogP contribution in [0.4, 0.5) is 0 Å². The van der Waals surface area contributed by atoms with E-state index >= 15 is 0 Å². The highest BCUT2D eigenvalue weighted by molar-refractivity contribution is 6.11. The van der Waals surface area contributed by atoms with Crippen molar-refractivity contribution in [3.63, 3.8) is 0 Å². The van der Waals surface area contributed by atoms with Crippen LogP contribution >= 0.6 is 0 Å². The molecule has 0 atom stereocenters. The van der Waals surface area contributed by atoms with E-state index in [-0.39, 0.29) is 5.78 Å². The first kappa shape index (κ1) is 8.94. The molecular weight excluding hydrogens is 176 g/mol. The fourth-order valence-electron chi connectivity index (χ4n) is 1.64. The van der Waals surface area contributed by atoms with Crippen molar-refractivity contribution in [2.45, 2.75) is 6.42 Å². The molecule has 1 heterocycles. The van der Waals surface area contributed by atoms with Gasteiger partial charge in [-0.3, -0.25) is 9.78 Å². The van der Waals surface area contributed by atoms with Gasteiger partial charge in [-0.05, 0) is 11.6 Å². The van der Waals surface area contributed by atoms with Crippen LogP contribution in [0.1, 0.15) is 16.1 Å². The van der Waals surface area contributed by atoms with Crippen LogP contribution < -0.4 is 0 Å². The predicted molar refractivity (Wildman–Crippen MR) is 54.0 cm³/mol. The molecule has 0 fully saturated rings. The number of pyridine rings is 1. The fourth-order valence-corrected chi connectivity index (χ4v) is 1.64. The SMILES string of the molecule is CN(C)/C=C1\Cc2cccnc2C1=O. The second-order valence-electron chi connectivity index (χ2n) is 3.63. The van der Waals surface area contributed by atoms with Crippen molar-refractivity contribution in [3.05, 3.63) is 41.4 Å². The molecule has 3 nitrogen and oxygen atoms in total. The summed E-state index contributed by atoms with van der Waals surface area (Å²) in [4.78, 5) is 17.8. The number of fused-ring (bicyclic) bond motifs is 1. The van der Waals surface area contributed by atoms with Gasteiger partial charge in [-0.2, -0.15) is 0 Å². The van der Waals surface area contributed by atoms with Gasteiger partial charge in [0, 0.05) is 38.5 Å². The standard InChI is InChI=1S/C11H12N2O/c1-13(2)7-9-6-8-4-3-5-12-10(8)11(9)14/h3-5,7H,6H2,1-2H3/b9-7+. The van der Waals surface area contributed by atoms with Crippen molar-refractivity contribution in [1.82, 2.24) is 9.88 Å². The second kappa shape index (κ2) is 3.25. The van der Waals surface area contributed by atoms with E-state index in [1.807, 2.05) is 37.3 Å². The minimum Gasteiger partial charge on any atom is -0.383 e. The first-order valence-corrected chi connectivity index (χ1v) is 4.54. The first-order chi connectivity index (χ1) is 6.68.